The molecule has 0 atom stereocenters. The lowest BCUT2D eigenvalue weighted by molar-refractivity contribution is 0.310. The summed E-state index contributed by atoms with van der Waals surface area (Å²) >= 11 is 0. The first-order chi connectivity index (χ1) is 9.54. The number of likely N-dealkylation sites (N-methyl/N-ethyl adjacent to an activating group) is 1. The molecule has 1 aromatic rings. The SMILES string of the molecule is CN(CCN1CCCC1)S(=O)(=O)c1cccc(C#N)c1. The molecular weight excluding hydrogens is 274 g/mol. The monoisotopic (exact) mass is 293 g/mol. The molecule has 1 aliphatic heterocycles. The molecule has 1 saturated heterocycles. The van der Waals surface area contributed by atoms with E-state index in [0.717, 1.165) is 19.6 Å². The van der Waals surface area contributed by atoms with Crippen molar-refractivity contribution in [1.82, 2.24) is 9.21 Å². The Morgan fingerprint density at radius 1 is 1.35 bits per heavy atom. The number of nitrogens with zero attached hydrogens (tertiary/aromatic N) is 3. The first-order valence-electron chi connectivity index (χ1n) is 6.73. The first-order valence-corrected chi connectivity index (χ1v) is 8.17. The molecule has 0 radical (unpaired) electrons. The Bertz CT molecular complexity index is 601. The maximum Gasteiger partial charge on any atom is 0.242 e. The van der Waals surface area contributed by atoms with Crippen molar-refractivity contribution in [2.24, 2.45) is 0 Å². The van der Waals surface area contributed by atoms with Gasteiger partial charge in [0.2, 0.25) is 10.0 Å². The van der Waals surface area contributed by atoms with Crippen molar-refractivity contribution in [1.29, 1.82) is 5.26 Å². The van der Waals surface area contributed by atoms with Crippen molar-refractivity contribution < 1.29 is 8.42 Å². The second-order valence-electron chi connectivity index (χ2n) is 5.01. The lowest BCUT2D eigenvalue weighted by atomic mass is 10.2. The largest absolute Gasteiger partial charge is 0.302 e. The molecule has 0 amide bonds. The average molecular weight is 293 g/mol. The molecule has 0 aliphatic carbocycles. The van der Waals surface area contributed by atoms with E-state index in [1.54, 1.807) is 19.2 Å². The van der Waals surface area contributed by atoms with Crippen LogP contribution in [-0.2, 0) is 10.0 Å². The molecule has 0 bridgehead atoms. The van der Waals surface area contributed by atoms with Crippen LogP contribution in [0.2, 0.25) is 0 Å². The molecule has 1 heterocycles. The minimum Gasteiger partial charge on any atom is -0.302 e. The molecule has 1 aromatic carbocycles. The van der Waals surface area contributed by atoms with Gasteiger partial charge in [-0.1, -0.05) is 6.07 Å². The lowest BCUT2D eigenvalue weighted by Gasteiger charge is -2.21. The number of hydrogen-bond donors (Lipinski definition) is 0. The van der Waals surface area contributed by atoms with Crippen LogP contribution in [0.25, 0.3) is 0 Å². The van der Waals surface area contributed by atoms with Crippen molar-refractivity contribution in [2.75, 3.05) is 33.2 Å². The zero-order chi connectivity index (χ0) is 14.6. The molecule has 0 unspecified atom stereocenters. The Balaban J connectivity index is 2.06. The first kappa shape index (κ1) is 15.0. The molecule has 6 heteroatoms. The van der Waals surface area contributed by atoms with Crippen LogP contribution in [0.3, 0.4) is 0 Å². The standard InChI is InChI=1S/C14H19N3O2S/c1-16(9-10-17-7-2-3-8-17)20(18,19)14-6-4-5-13(11-14)12-15/h4-6,11H,2-3,7-10H2,1H3. The van der Waals surface area contributed by atoms with Crippen LogP contribution in [-0.4, -0.2) is 50.8 Å². The Labute approximate surface area is 120 Å². The van der Waals surface area contributed by atoms with Crippen LogP contribution in [0.4, 0.5) is 0 Å². The summed E-state index contributed by atoms with van der Waals surface area (Å²) in [5.74, 6) is 0. The third-order valence-electron chi connectivity index (χ3n) is 3.60. The highest BCUT2D eigenvalue weighted by molar-refractivity contribution is 7.89. The molecule has 108 valence electrons. The third-order valence-corrected chi connectivity index (χ3v) is 5.45. The molecule has 1 aliphatic rings. The summed E-state index contributed by atoms with van der Waals surface area (Å²) in [7, 11) is -1.92. The summed E-state index contributed by atoms with van der Waals surface area (Å²) in [5.41, 5.74) is 0.360. The zero-order valence-electron chi connectivity index (χ0n) is 11.6. The Morgan fingerprint density at radius 3 is 2.70 bits per heavy atom. The highest BCUT2D eigenvalue weighted by Crippen LogP contribution is 2.16. The van der Waals surface area contributed by atoms with E-state index < -0.39 is 10.0 Å². The summed E-state index contributed by atoms with van der Waals surface area (Å²) in [6, 6.07) is 8.11. The van der Waals surface area contributed by atoms with E-state index in [2.05, 4.69) is 4.90 Å². The lowest BCUT2D eigenvalue weighted by Crippen LogP contribution is -2.35. The van der Waals surface area contributed by atoms with Crippen molar-refractivity contribution >= 4 is 10.0 Å². The topological polar surface area (TPSA) is 64.4 Å². The van der Waals surface area contributed by atoms with Crippen molar-refractivity contribution in [3.63, 3.8) is 0 Å². The van der Waals surface area contributed by atoms with Gasteiger partial charge in [-0.05, 0) is 44.1 Å². The van der Waals surface area contributed by atoms with Crippen molar-refractivity contribution in [3.05, 3.63) is 29.8 Å². The molecule has 20 heavy (non-hydrogen) atoms. The van der Waals surface area contributed by atoms with Gasteiger partial charge in [-0.3, -0.25) is 0 Å². The highest BCUT2D eigenvalue weighted by atomic mass is 32.2. The van der Waals surface area contributed by atoms with Gasteiger partial charge in [0.1, 0.15) is 0 Å². The second kappa shape index (κ2) is 6.35. The molecule has 1 fully saturated rings. The predicted octanol–water partition coefficient (Wildman–Crippen LogP) is 1.27. The number of sulfonamides is 1. The molecule has 0 N–H and O–H groups in total. The van der Waals surface area contributed by atoms with E-state index in [0.29, 0.717) is 12.1 Å². The summed E-state index contributed by atoms with van der Waals surface area (Å²) in [6.45, 7) is 3.34. The quantitative estimate of drug-likeness (QED) is 0.820. The zero-order valence-corrected chi connectivity index (χ0v) is 12.4. The number of nitriles is 1. The Kier molecular flexibility index (Phi) is 4.76. The van der Waals surface area contributed by atoms with E-state index in [1.165, 1.54) is 29.3 Å². The smallest absolute Gasteiger partial charge is 0.242 e. The van der Waals surface area contributed by atoms with E-state index in [9.17, 15) is 8.42 Å². The Hall–Kier alpha value is -1.42. The fourth-order valence-electron chi connectivity index (χ4n) is 2.31. The van der Waals surface area contributed by atoms with Gasteiger partial charge in [0.15, 0.2) is 0 Å². The second-order valence-corrected chi connectivity index (χ2v) is 7.06. The molecule has 0 spiro atoms. The van der Waals surface area contributed by atoms with Crippen LogP contribution >= 0.6 is 0 Å². The molecule has 0 aromatic heterocycles. The van der Waals surface area contributed by atoms with Gasteiger partial charge in [0.05, 0.1) is 16.5 Å². The fraction of sp³-hybridized carbons (Fsp3) is 0.500. The highest BCUT2D eigenvalue weighted by Gasteiger charge is 2.22. The van der Waals surface area contributed by atoms with Crippen LogP contribution in [0.1, 0.15) is 18.4 Å². The number of likely N-dealkylation sites (tertiary alicyclic amines) is 1. The van der Waals surface area contributed by atoms with E-state index >= 15 is 0 Å². The van der Waals surface area contributed by atoms with Crippen LogP contribution in [0, 0.1) is 11.3 Å². The van der Waals surface area contributed by atoms with E-state index in [4.69, 9.17) is 5.26 Å². The van der Waals surface area contributed by atoms with Gasteiger partial charge < -0.3 is 4.90 Å². The minimum atomic E-state index is -3.51. The van der Waals surface area contributed by atoms with Gasteiger partial charge >= 0.3 is 0 Å². The summed E-state index contributed by atoms with van der Waals surface area (Å²) in [6.07, 6.45) is 2.39. The fourth-order valence-corrected chi connectivity index (χ4v) is 3.52. The Morgan fingerprint density at radius 2 is 2.05 bits per heavy atom. The maximum atomic E-state index is 12.4. The third kappa shape index (κ3) is 3.37. The predicted molar refractivity (Wildman–Crippen MR) is 76.6 cm³/mol. The normalized spacial score (nSPS) is 16.4. The van der Waals surface area contributed by atoms with Gasteiger partial charge in [-0.2, -0.15) is 9.57 Å². The minimum absolute atomic E-state index is 0.181. The van der Waals surface area contributed by atoms with Crippen LogP contribution in [0.5, 0.6) is 0 Å². The maximum absolute atomic E-state index is 12.4. The number of hydrogen-bond acceptors (Lipinski definition) is 4. The summed E-state index contributed by atoms with van der Waals surface area (Å²) in [5, 5.41) is 8.85. The summed E-state index contributed by atoms with van der Waals surface area (Å²) in [4.78, 5) is 2.46. The summed E-state index contributed by atoms with van der Waals surface area (Å²) < 4.78 is 26.2. The molecule has 0 saturated carbocycles. The molecular formula is C14H19N3O2S. The van der Waals surface area contributed by atoms with Crippen molar-refractivity contribution in [3.8, 4) is 6.07 Å². The van der Waals surface area contributed by atoms with Crippen molar-refractivity contribution in [2.45, 2.75) is 17.7 Å². The molecule has 2 rings (SSSR count). The number of rotatable bonds is 5. The van der Waals surface area contributed by atoms with E-state index in [-0.39, 0.29) is 4.90 Å². The van der Waals surface area contributed by atoms with Gasteiger partial charge in [0.25, 0.3) is 0 Å². The van der Waals surface area contributed by atoms with Crippen LogP contribution in [0.15, 0.2) is 29.2 Å². The number of benzene rings is 1. The van der Waals surface area contributed by atoms with E-state index in [1.807, 2.05) is 6.07 Å². The molecule has 5 nitrogen and oxygen atoms in total. The van der Waals surface area contributed by atoms with Gasteiger partial charge in [-0.15, -0.1) is 0 Å². The average Bonchev–Trinajstić information content (AvgIpc) is 2.98. The van der Waals surface area contributed by atoms with Gasteiger partial charge in [0, 0.05) is 20.1 Å². The van der Waals surface area contributed by atoms with Gasteiger partial charge in [-0.25, -0.2) is 8.42 Å². The van der Waals surface area contributed by atoms with Crippen LogP contribution < -0.4 is 0 Å².